The minimum absolute atomic E-state index is 0.0367. The van der Waals surface area contributed by atoms with Gasteiger partial charge in [-0.25, -0.2) is 0 Å². The number of benzene rings is 2. The highest BCUT2D eigenvalue weighted by atomic mass is 16.4. The lowest BCUT2D eigenvalue weighted by molar-refractivity contribution is -0.119. The maximum Gasteiger partial charge on any atom is 0.251 e. The van der Waals surface area contributed by atoms with Gasteiger partial charge in [-0.05, 0) is 23.8 Å². The SMILES string of the molecule is Cn1cc(-c2nnc(-c3ccccc3)o2)c(-c2cccc(CNC(=O)CN)c2)n1. The quantitative estimate of drug-likeness (QED) is 0.524. The van der Waals surface area contributed by atoms with Gasteiger partial charge >= 0.3 is 0 Å². The monoisotopic (exact) mass is 388 g/mol. The van der Waals surface area contributed by atoms with E-state index < -0.39 is 0 Å². The van der Waals surface area contributed by atoms with E-state index in [9.17, 15) is 4.79 Å². The predicted octanol–water partition coefficient (Wildman–Crippen LogP) is 2.38. The van der Waals surface area contributed by atoms with Gasteiger partial charge in [0.25, 0.3) is 5.89 Å². The number of nitrogens with two attached hydrogens (primary N) is 1. The molecule has 29 heavy (non-hydrogen) atoms. The molecule has 0 aliphatic rings. The molecule has 4 aromatic rings. The minimum Gasteiger partial charge on any atom is -0.416 e. The number of aromatic nitrogens is 4. The summed E-state index contributed by atoms with van der Waals surface area (Å²) in [7, 11) is 1.84. The van der Waals surface area contributed by atoms with Crippen molar-refractivity contribution in [2.24, 2.45) is 12.8 Å². The zero-order chi connectivity index (χ0) is 20.2. The Balaban J connectivity index is 1.66. The highest BCUT2D eigenvalue weighted by Crippen LogP contribution is 2.32. The van der Waals surface area contributed by atoms with E-state index in [-0.39, 0.29) is 12.5 Å². The molecule has 4 rings (SSSR count). The van der Waals surface area contributed by atoms with Crippen molar-refractivity contribution < 1.29 is 9.21 Å². The van der Waals surface area contributed by atoms with Crippen molar-refractivity contribution in [2.45, 2.75) is 6.54 Å². The molecular weight excluding hydrogens is 368 g/mol. The summed E-state index contributed by atoms with van der Waals surface area (Å²) in [5, 5.41) is 15.7. The van der Waals surface area contributed by atoms with E-state index in [0.717, 1.165) is 27.9 Å². The van der Waals surface area contributed by atoms with Crippen LogP contribution in [-0.2, 0) is 18.4 Å². The summed E-state index contributed by atoms with van der Waals surface area (Å²) in [6.07, 6.45) is 1.85. The van der Waals surface area contributed by atoms with Crippen LogP contribution in [0.3, 0.4) is 0 Å². The molecule has 0 aliphatic heterocycles. The van der Waals surface area contributed by atoms with Crippen LogP contribution in [0.1, 0.15) is 5.56 Å². The molecule has 2 aromatic carbocycles. The maximum absolute atomic E-state index is 11.4. The normalized spacial score (nSPS) is 10.8. The lowest BCUT2D eigenvalue weighted by atomic mass is 10.0. The van der Waals surface area contributed by atoms with Gasteiger partial charge in [-0.2, -0.15) is 5.10 Å². The Labute approximate surface area is 167 Å². The number of aryl methyl sites for hydroxylation is 1. The van der Waals surface area contributed by atoms with Crippen LogP contribution >= 0.6 is 0 Å². The lowest BCUT2D eigenvalue weighted by Crippen LogP contribution is -2.29. The molecule has 3 N–H and O–H groups in total. The first-order chi connectivity index (χ1) is 14.1. The third-order valence-electron chi connectivity index (χ3n) is 4.38. The molecule has 0 aliphatic carbocycles. The Morgan fingerprint density at radius 3 is 2.62 bits per heavy atom. The van der Waals surface area contributed by atoms with Crippen molar-refractivity contribution in [1.82, 2.24) is 25.3 Å². The van der Waals surface area contributed by atoms with Crippen LogP contribution in [0.15, 0.2) is 65.2 Å². The second kappa shape index (κ2) is 8.07. The Morgan fingerprint density at radius 1 is 1.07 bits per heavy atom. The summed E-state index contributed by atoms with van der Waals surface area (Å²) < 4.78 is 7.62. The highest BCUT2D eigenvalue weighted by Gasteiger charge is 2.18. The first-order valence-electron chi connectivity index (χ1n) is 9.13. The second-order valence-electron chi connectivity index (χ2n) is 6.52. The van der Waals surface area contributed by atoms with Crippen molar-refractivity contribution in [2.75, 3.05) is 6.54 Å². The number of carbonyl (C=O) groups excluding carboxylic acids is 1. The van der Waals surface area contributed by atoms with Gasteiger partial charge in [0.15, 0.2) is 0 Å². The smallest absolute Gasteiger partial charge is 0.251 e. The molecule has 0 radical (unpaired) electrons. The first kappa shape index (κ1) is 18.6. The van der Waals surface area contributed by atoms with E-state index in [4.69, 9.17) is 10.2 Å². The Morgan fingerprint density at radius 2 is 1.83 bits per heavy atom. The molecule has 0 saturated carbocycles. The molecular formula is C21H20N6O2. The Kier molecular flexibility index (Phi) is 5.17. The number of nitrogens with one attached hydrogen (secondary N) is 1. The third kappa shape index (κ3) is 4.07. The van der Waals surface area contributed by atoms with Crippen LogP contribution in [0.5, 0.6) is 0 Å². The van der Waals surface area contributed by atoms with Crippen molar-refractivity contribution in [3.8, 4) is 34.2 Å². The molecule has 0 atom stereocenters. The summed E-state index contributed by atoms with van der Waals surface area (Å²) in [4.78, 5) is 11.4. The Hall–Kier alpha value is -3.78. The predicted molar refractivity (Wildman–Crippen MR) is 108 cm³/mol. The van der Waals surface area contributed by atoms with Gasteiger partial charge in [-0.15, -0.1) is 10.2 Å². The van der Waals surface area contributed by atoms with Crippen molar-refractivity contribution in [1.29, 1.82) is 0 Å². The van der Waals surface area contributed by atoms with Crippen LogP contribution < -0.4 is 11.1 Å². The summed E-state index contributed by atoms with van der Waals surface area (Å²) in [5.41, 5.74) is 9.49. The van der Waals surface area contributed by atoms with Gasteiger partial charge < -0.3 is 15.5 Å². The summed E-state index contributed by atoms with van der Waals surface area (Å²) in [6, 6.07) is 17.4. The number of rotatable bonds is 6. The molecule has 2 aromatic heterocycles. The number of hydrogen-bond donors (Lipinski definition) is 2. The zero-order valence-electron chi connectivity index (χ0n) is 15.9. The molecule has 0 saturated heterocycles. The van der Waals surface area contributed by atoms with Crippen LogP contribution in [0.25, 0.3) is 34.2 Å². The van der Waals surface area contributed by atoms with Crippen LogP contribution in [0.2, 0.25) is 0 Å². The number of nitrogens with zero attached hydrogens (tertiary/aromatic N) is 4. The summed E-state index contributed by atoms with van der Waals surface area (Å²) in [5.74, 6) is 0.649. The van der Waals surface area contributed by atoms with Gasteiger partial charge in [0.1, 0.15) is 5.69 Å². The molecule has 146 valence electrons. The number of carbonyl (C=O) groups is 1. The van der Waals surface area contributed by atoms with Crippen LogP contribution in [0.4, 0.5) is 0 Å². The van der Waals surface area contributed by atoms with Gasteiger partial charge in [-0.3, -0.25) is 9.48 Å². The lowest BCUT2D eigenvalue weighted by Gasteiger charge is -2.06. The van der Waals surface area contributed by atoms with Crippen molar-refractivity contribution in [3.05, 3.63) is 66.4 Å². The fourth-order valence-corrected chi connectivity index (χ4v) is 2.99. The largest absolute Gasteiger partial charge is 0.416 e. The zero-order valence-corrected chi connectivity index (χ0v) is 15.9. The average molecular weight is 388 g/mol. The number of amides is 1. The fourth-order valence-electron chi connectivity index (χ4n) is 2.99. The van der Waals surface area contributed by atoms with Gasteiger partial charge in [-0.1, -0.05) is 36.4 Å². The molecule has 2 heterocycles. The van der Waals surface area contributed by atoms with E-state index in [1.165, 1.54) is 0 Å². The molecule has 8 nitrogen and oxygen atoms in total. The van der Waals surface area contributed by atoms with Crippen LogP contribution in [0, 0.1) is 0 Å². The fraction of sp³-hybridized carbons (Fsp3) is 0.143. The molecule has 0 fully saturated rings. The topological polar surface area (TPSA) is 112 Å². The van der Waals surface area contributed by atoms with E-state index in [1.807, 2.05) is 67.8 Å². The Bertz CT molecular complexity index is 1130. The van der Waals surface area contributed by atoms with Crippen LogP contribution in [-0.4, -0.2) is 32.4 Å². The van der Waals surface area contributed by atoms with E-state index in [1.54, 1.807) is 4.68 Å². The highest BCUT2D eigenvalue weighted by molar-refractivity contribution is 5.78. The van der Waals surface area contributed by atoms with Gasteiger partial charge in [0.2, 0.25) is 11.8 Å². The molecule has 8 heteroatoms. The molecule has 0 bridgehead atoms. The van der Waals surface area contributed by atoms with Gasteiger partial charge in [0, 0.05) is 30.9 Å². The molecule has 0 spiro atoms. The first-order valence-corrected chi connectivity index (χ1v) is 9.13. The third-order valence-corrected chi connectivity index (χ3v) is 4.38. The maximum atomic E-state index is 11.4. The average Bonchev–Trinajstić information content (AvgIpc) is 3.39. The minimum atomic E-state index is -0.201. The van der Waals surface area contributed by atoms with Crippen molar-refractivity contribution in [3.63, 3.8) is 0 Å². The van der Waals surface area contributed by atoms with E-state index in [2.05, 4.69) is 20.6 Å². The molecule has 1 amide bonds. The number of hydrogen-bond acceptors (Lipinski definition) is 6. The van der Waals surface area contributed by atoms with E-state index in [0.29, 0.717) is 18.3 Å². The summed E-state index contributed by atoms with van der Waals surface area (Å²) in [6.45, 7) is 0.357. The second-order valence-corrected chi connectivity index (χ2v) is 6.52. The van der Waals surface area contributed by atoms with Gasteiger partial charge in [0.05, 0.1) is 12.1 Å². The standard InChI is InChI=1S/C21H20N6O2/c1-27-13-17(21-25-24-20(29-21)15-7-3-2-4-8-15)19(26-27)16-9-5-6-14(10-16)12-23-18(28)11-22/h2-10,13H,11-12,22H2,1H3,(H,23,28). The van der Waals surface area contributed by atoms with Crippen molar-refractivity contribution >= 4 is 5.91 Å². The van der Waals surface area contributed by atoms with E-state index >= 15 is 0 Å². The summed E-state index contributed by atoms with van der Waals surface area (Å²) >= 11 is 0. The molecule has 0 unspecified atom stereocenters.